The van der Waals surface area contributed by atoms with E-state index >= 15 is 0 Å². The Bertz CT molecular complexity index is 703. The van der Waals surface area contributed by atoms with Gasteiger partial charge in [-0.25, -0.2) is 0 Å². The van der Waals surface area contributed by atoms with Crippen LogP contribution in [0.1, 0.15) is 36.2 Å². The van der Waals surface area contributed by atoms with Crippen molar-refractivity contribution < 1.29 is 19.1 Å². The van der Waals surface area contributed by atoms with Crippen molar-refractivity contribution in [2.24, 2.45) is 0 Å². The molecule has 1 fully saturated rings. The number of amides is 2. The van der Waals surface area contributed by atoms with E-state index in [9.17, 15) is 14.4 Å². The molecule has 2 N–H and O–H groups in total. The van der Waals surface area contributed by atoms with Gasteiger partial charge in [0.05, 0.1) is 12.5 Å². The first-order valence-corrected chi connectivity index (χ1v) is 8.84. The van der Waals surface area contributed by atoms with Crippen LogP contribution >= 0.6 is 12.2 Å². The molecule has 0 radical (unpaired) electrons. The molecule has 0 spiro atoms. The lowest BCUT2D eigenvalue weighted by Gasteiger charge is -2.36. The van der Waals surface area contributed by atoms with Gasteiger partial charge in [0, 0.05) is 18.7 Å². The van der Waals surface area contributed by atoms with E-state index in [1.807, 2.05) is 19.1 Å². The molecule has 2 amide bonds. The van der Waals surface area contributed by atoms with Crippen LogP contribution in [0, 0.1) is 6.92 Å². The number of rotatable bonds is 4. The van der Waals surface area contributed by atoms with Crippen molar-refractivity contribution in [1.82, 2.24) is 15.5 Å². The van der Waals surface area contributed by atoms with Crippen LogP contribution in [0.2, 0.25) is 0 Å². The quantitative estimate of drug-likeness (QED) is 0.605. The first kappa shape index (κ1) is 19.8. The number of carbonyl (C=O) groups is 3. The Morgan fingerprint density at radius 1 is 1.35 bits per heavy atom. The Morgan fingerprint density at radius 3 is 2.62 bits per heavy atom. The summed E-state index contributed by atoms with van der Waals surface area (Å²) < 4.78 is 5.11. The number of hydrogen-bond donors (Lipinski definition) is 2. The van der Waals surface area contributed by atoms with Gasteiger partial charge >= 0.3 is 5.97 Å². The van der Waals surface area contributed by atoms with E-state index in [2.05, 4.69) is 10.6 Å². The lowest BCUT2D eigenvalue weighted by atomic mass is 10.1. The van der Waals surface area contributed by atoms with Crippen LogP contribution in [-0.4, -0.2) is 53.0 Å². The Balaban J connectivity index is 2.06. The van der Waals surface area contributed by atoms with E-state index in [1.54, 1.807) is 30.9 Å². The Kier molecular flexibility index (Phi) is 6.68. The second-order valence-corrected chi connectivity index (χ2v) is 6.75. The molecule has 1 aliphatic heterocycles. The highest BCUT2D eigenvalue weighted by molar-refractivity contribution is 7.80. The summed E-state index contributed by atoms with van der Waals surface area (Å²) in [7, 11) is 0. The summed E-state index contributed by atoms with van der Waals surface area (Å²) >= 11 is 5.31. The average Bonchev–Trinajstić information content (AvgIpc) is 2.56. The van der Waals surface area contributed by atoms with Crippen molar-refractivity contribution >= 4 is 35.1 Å². The predicted octanol–water partition coefficient (Wildman–Crippen LogP) is 1.15. The molecule has 26 heavy (non-hydrogen) atoms. The zero-order valence-electron chi connectivity index (χ0n) is 15.1. The second-order valence-electron chi connectivity index (χ2n) is 6.37. The number of thiocarbonyl (C=S) groups is 1. The third kappa shape index (κ3) is 5.26. The third-order valence-electron chi connectivity index (χ3n) is 3.85. The molecule has 1 heterocycles. The minimum Gasteiger partial charge on any atom is -0.463 e. The van der Waals surface area contributed by atoms with Gasteiger partial charge in [-0.15, -0.1) is 0 Å². The number of benzene rings is 1. The van der Waals surface area contributed by atoms with E-state index < -0.39 is 12.0 Å². The maximum absolute atomic E-state index is 12.3. The normalized spacial score (nSPS) is 16.8. The summed E-state index contributed by atoms with van der Waals surface area (Å²) in [6.45, 7) is 6.19. The summed E-state index contributed by atoms with van der Waals surface area (Å²) in [5.41, 5.74) is 1.51. The smallest absolute Gasteiger partial charge is 0.308 e. The van der Waals surface area contributed by atoms with Crippen LogP contribution in [0.25, 0.3) is 0 Å². The summed E-state index contributed by atoms with van der Waals surface area (Å²) in [6.07, 6.45) is -0.402. The lowest BCUT2D eigenvalue weighted by Crippen LogP contribution is -2.60. The van der Waals surface area contributed by atoms with Crippen molar-refractivity contribution in [2.45, 2.75) is 39.3 Å². The lowest BCUT2D eigenvalue weighted by molar-refractivity contribution is -0.150. The van der Waals surface area contributed by atoms with Gasteiger partial charge in [-0.1, -0.05) is 17.7 Å². The highest BCUT2D eigenvalue weighted by Crippen LogP contribution is 2.12. The van der Waals surface area contributed by atoms with Gasteiger partial charge in [0.15, 0.2) is 5.11 Å². The zero-order chi connectivity index (χ0) is 19.3. The summed E-state index contributed by atoms with van der Waals surface area (Å²) in [5.74, 6) is -1.16. The Morgan fingerprint density at radius 2 is 2.00 bits per heavy atom. The van der Waals surface area contributed by atoms with Gasteiger partial charge in [0.25, 0.3) is 5.91 Å². The van der Waals surface area contributed by atoms with Crippen LogP contribution in [0.4, 0.5) is 0 Å². The molecule has 0 unspecified atom stereocenters. The number of piperazine rings is 1. The maximum Gasteiger partial charge on any atom is 0.308 e. The highest BCUT2D eigenvalue weighted by Gasteiger charge is 2.34. The number of nitrogens with zero attached hydrogens (tertiary/aromatic N) is 1. The SMILES string of the molecule is Cc1ccc(C(=O)NC(=S)N2CCNC(=O)[C@H]2CC(=O)OC(C)C)cc1. The standard InChI is InChI=1S/C18H23N3O4S/c1-11(2)25-15(22)10-14-17(24)19-8-9-21(14)18(26)20-16(23)13-6-4-12(3)5-7-13/h4-7,11,14H,8-10H2,1-3H3,(H,19,24)(H,20,23,26)/t14-/m1/s1. The Labute approximate surface area is 158 Å². The van der Waals surface area contributed by atoms with Gasteiger partial charge in [-0.2, -0.15) is 0 Å². The molecule has 0 aliphatic carbocycles. The van der Waals surface area contributed by atoms with Gasteiger partial charge in [-0.05, 0) is 45.1 Å². The minimum atomic E-state index is -0.805. The molecule has 1 saturated heterocycles. The topological polar surface area (TPSA) is 87.7 Å². The number of esters is 1. The number of carbonyl (C=O) groups excluding carboxylic acids is 3. The van der Waals surface area contributed by atoms with Gasteiger partial charge in [0.1, 0.15) is 6.04 Å². The molecular weight excluding hydrogens is 354 g/mol. The fourth-order valence-corrected chi connectivity index (χ4v) is 2.89. The molecule has 1 aliphatic rings. The van der Waals surface area contributed by atoms with Gasteiger partial charge < -0.3 is 15.0 Å². The number of aryl methyl sites for hydroxylation is 1. The molecule has 1 atom stereocenters. The molecule has 0 aromatic heterocycles. The molecule has 7 nitrogen and oxygen atoms in total. The molecule has 140 valence electrons. The van der Waals surface area contributed by atoms with E-state index in [-0.39, 0.29) is 29.5 Å². The van der Waals surface area contributed by atoms with Crippen molar-refractivity contribution in [3.05, 3.63) is 35.4 Å². The van der Waals surface area contributed by atoms with Crippen molar-refractivity contribution in [2.75, 3.05) is 13.1 Å². The Hall–Kier alpha value is -2.48. The van der Waals surface area contributed by atoms with Crippen molar-refractivity contribution in [3.8, 4) is 0 Å². The molecule has 1 aromatic rings. The largest absolute Gasteiger partial charge is 0.463 e. The van der Waals surface area contributed by atoms with Crippen LogP contribution in [-0.2, 0) is 14.3 Å². The summed E-state index contributed by atoms with van der Waals surface area (Å²) in [6, 6.07) is 6.26. The highest BCUT2D eigenvalue weighted by atomic mass is 32.1. The van der Waals surface area contributed by atoms with E-state index in [4.69, 9.17) is 17.0 Å². The number of nitrogens with one attached hydrogen (secondary N) is 2. The van der Waals surface area contributed by atoms with E-state index in [0.717, 1.165) is 5.56 Å². The average molecular weight is 377 g/mol. The number of hydrogen-bond acceptors (Lipinski definition) is 5. The van der Waals surface area contributed by atoms with Gasteiger partial charge in [-0.3, -0.25) is 19.7 Å². The minimum absolute atomic E-state index is 0.118. The molecule has 0 saturated carbocycles. The molecule has 8 heteroatoms. The number of ether oxygens (including phenoxy) is 1. The van der Waals surface area contributed by atoms with Crippen molar-refractivity contribution in [1.29, 1.82) is 0 Å². The second kappa shape index (κ2) is 8.75. The first-order chi connectivity index (χ1) is 12.3. The zero-order valence-corrected chi connectivity index (χ0v) is 15.9. The molecular formula is C18H23N3O4S. The first-order valence-electron chi connectivity index (χ1n) is 8.43. The van der Waals surface area contributed by atoms with Crippen molar-refractivity contribution in [3.63, 3.8) is 0 Å². The molecule has 1 aromatic carbocycles. The van der Waals surface area contributed by atoms with Crippen LogP contribution in [0.3, 0.4) is 0 Å². The van der Waals surface area contributed by atoms with Crippen LogP contribution in [0.5, 0.6) is 0 Å². The molecule has 0 bridgehead atoms. The molecule has 2 rings (SSSR count). The third-order valence-corrected chi connectivity index (χ3v) is 4.19. The summed E-state index contributed by atoms with van der Waals surface area (Å²) in [5, 5.41) is 5.46. The van der Waals surface area contributed by atoms with Crippen LogP contribution in [0.15, 0.2) is 24.3 Å². The van der Waals surface area contributed by atoms with Gasteiger partial charge in [0.2, 0.25) is 5.91 Å². The van der Waals surface area contributed by atoms with Crippen LogP contribution < -0.4 is 10.6 Å². The fraction of sp³-hybridized carbons (Fsp3) is 0.444. The van der Waals surface area contributed by atoms with E-state index in [0.29, 0.717) is 18.7 Å². The summed E-state index contributed by atoms with van der Waals surface area (Å²) in [4.78, 5) is 38.0. The monoisotopic (exact) mass is 377 g/mol. The fourth-order valence-electron chi connectivity index (χ4n) is 2.58. The van der Waals surface area contributed by atoms with E-state index in [1.165, 1.54) is 0 Å². The predicted molar refractivity (Wildman–Crippen MR) is 101 cm³/mol. The maximum atomic E-state index is 12.3.